The average molecular weight is 326 g/mol. The molecule has 7 heteroatoms. The van der Waals surface area contributed by atoms with Crippen LogP contribution in [0.25, 0.3) is 0 Å². The van der Waals surface area contributed by atoms with Crippen molar-refractivity contribution >= 4 is 17.8 Å². The number of nitrogens with zero attached hydrogens (tertiary/aromatic N) is 2. The van der Waals surface area contributed by atoms with Crippen LogP contribution in [-0.2, 0) is 14.3 Å². The number of carbonyl (C=O) groups excluding carboxylic acids is 2. The molecule has 0 bridgehead atoms. The van der Waals surface area contributed by atoms with Crippen molar-refractivity contribution in [1.82, 2.24) is 15.5 Å². The van der Waals surface area contributed by atoms with E-state index in [1.165, 1.54) is 0 Å². The second-order valence-corrected chi connectivity index (χ2v) is 5.96. The van der Waals surface area contributed by atoms with Gasteiger partial charge in [-0.1, -0.05) is 0 Å². The summed E-state index contributed by atoms with van der Waals surface area (Å²) >= 11 is 0. The molecule has 0 aromatic heterocycles. The summed E-state index contributed by atoms with van der Waals surface area (Å²) in [6, 6.07) is 0.156. The molecule has 2 N–H and O–H groups in total. The third-order valence-electron chi connectivity index (χ3n) is 3.71. The molecule has 0 aromatic carbocycles. The Kier molecular flexibility index (Phi) is 8.43. The maximum Gasteiger partial charge on any atom is 0.309 e. The lowest BCUT2D eigenvalue weighted by Gasteiger charge is -2.33. The summed E-state index contributed by atoms with van der Waals surface area (Å²) in [6.45, 7) is 8.22. The first-order chi connectivity index (χ1) is 11.0. The molecule has 1 heterocycles. The van der Waals surface area contributed by atoms with Crippen molar-refractivity contribution in [2.45, 2.75) is 46.1 Å². The van der Waals surface area contributed by atoms with Gasteiger partial charge in [0.1, 0.15) is 0 Å². The number of ether oxygens (including phenoxy) is 1. The molecular formula is C16H30N4O3. The lowest BCUT2D eigenvalue weighted by molar-refractivity contribution is -0.149. The van der Waals surface area contributed by atoms with Gasteiger partial charge in [0, 0.05) is 39.1 Å². The molecule has 0 aromatic rings. The van der Waals surface area contributed by atoms with Gasteiger partial charge in [-0.15, -0.1) is 0 Å². The second-order valence-electron chi connectivity index (χ2n) is 5.96. The standard InChI is InChI=1S/C16H30N4O3/c1-5-23-15(22)13-7-10-20(11-8-13)16(17-4)18-9-6-14(21)19-12(2)3/h12-13H,5-11H2,1-4H3,(H,17,18)(H,19,21). The Hall–Kier alpha value is -1.79. The highest BCUT2D eigenvalue weighted by atomic mass is 16.5. The smallest absolute Gasteiger partial charge is 0.309 e. The summed E-state index contributed by atoms with van der Waals surface area (Å²) < 4.78 is 5.08. The van der Waals surface area contributed by atoms with E-state index in [1.807, 2.05) is 20.8 Å². The summed E-state index contributed by atoms with van der Waals surface area (Å²) in [7, 11) is 1.73. The number of esters is 1. The van der Waals surface area contributed by atoms with Gasteiger partial charge >= 0.3 is 5.97 Å². The Morgan fingerprint density at radius 2 is 1.96 bits per heavy atom. The Bertz CT molecular complexity index is 416. The number of carbonyl (C=O) groups is 2. The van der Waals surface area contributed by atoms with E-state index in [0.29, 0.717) is 19.6 Å². The van der Waals surface area contributed by atoms with Gasteiger partial charge in [0.05, 0.1) is 12.5 Å². The second kappa shape index (κ2) is 10.1. The van der Waals surface area contributed by atoms with Crippen molar-refractivity contribution in [3.8, 4) is 0 Å². The Labute approximate surface area is 138 Å². The Balaban J connectivity index is 2.34. The van der Waals surface area contributed by atoms with E-state index in [-0.39, 0.29) is 23.8 Å². The number of guanidine groups is 1. The van der Waals surface area contributed by atoms with Crippen molar-refractivity contribution < 1.29 is 14.3 Å². The zero-order valence-corrected chi connectivity index (χ0v) is 14.7. The minimum atomic E-state index is -0.0968. The molecule has 1 amide bonds. The fraction of sp³-hybridized carbons (Fsp3) is 0.812. The number of piperidine rings is 1. The van der Waals surface area contributed by atoms with E-state index in [1.54, 1.807) is 7.05 Å². The van der Waals surface area contributed by atoms with Crippen LogP contribution in [0.1, 0.15) is 40.0 Å². The highest BCUT2D eigenvalue weighted by Gasteiger charge is 2.27. The SMILES string of the molecule is CCOC(=O)C1CCN(C(=NC)NCCC(=O)NC(C)C)CC1. The number of amides is 1. The van der Waals surface area contributed by atoms with E-state index in [9.17, 15) is 9.59 Å². The van der Waals surface area contributed by atoms with Gasteiger partial charge in [0.2, 0.25) is 5.91 Å². The molecule has 0 atom stereocenters. The predicted octanol–water partition coefficient (Wildman–Crippen LogP) is 0.752. The van der Waals surface area contributed by atoms with Gasteiger partial charge in [-0.2, -0.15) is 0 Å². The number of hydrogen-bond acceptors (Lipinski definition) is 4. The van der Waals surface area contributed by atoms with Crippen LogP contribution in [0.2, 0.25) is 0 Å². The first-order valence-corrected chi connectivity index (χ1v) is 8.39. The van der Waals surface area contributed by atoms with E-state index < -0.39 is 0 Å². The highest BCUT2D eigenvalue weighted by Crippen LogP contribution is 2.18. The zero-order chi connectivity index (χ0) is 17.2. The first-order valence-electron chi connectivity index (χ1n) is 8.39. The molecule has 1 saturated heterocycles. The molecule has 0 radical (unpaired) electrons. The molecule has 7 nitrogen and oxygen atoms in total. The highest BCUT2D eigenvalue weighted by molar-refractivity contribution is 5.82. The molecular weight excluding hydrogens is 296 g/mol. The quantitative estimate of drug-likeness (QED) is 0.428. The van der Waals surface area contributed by atoms with Crippen LogP contribution in [-0.4, -0.2) is 62.1 Å². The van der Waals surface area contributed by atoms with E-state index in [4.69, 9.17) is 4.74 Å². The number of aliphatic imine (C=N–C) groups is 1. The minimum Gasteiger partial charge on any atom is -0.466 e. The van der Waals surface area contributed by atoms with Gasteiger partial charge in [0.25, 0.3) is 0 Å². The number of nitrogens with one attached hydrogen (secondary N) is 2. The fourth-order valence-electron chi connectivity index (χ4n) is 2.60. The lowest BCUT2D eigenvalue weighted by atomic mass is 9.97. The maximum absolute atomic E-state index is 11.7. The zero-order valence-electron chi connectivity index (χ0n) is 14.7. The molecule has 1 aliphatic heterocycles. The largest absolute Gasteiger partial charge is 0.466 e. The van der Waals surface area contributed by atoms with Gasteiger partial charge in [-0.3, -0.25) is 14.6 Å². The Morgan fingerprint density at radius 1 is 1.30 bits per heavy atom. The molecule has 1 aliphatic rings. The molecule has 23 heavy (non-hydrogen) atoms. The van der Waals surface area contributed by atoms with Crippen molar-refractivity contribution in [1.29, 1.82) is 0 Å². The van der Waals surface area contributed by atoms with Crippen LogP contribution in [0.3, 0.4) is 0 Å². The van der Waals surface area contributed by atoms with Gasteiger partial charge < -0.3 is 20.3 Å². The summed E-state index contributed by atoms with van der Waals surface area (Å²) in [5.74, 6) is 0.704. The first kappa shape index (κ1) is 19.3. The Morgan fingerprint density at radius 3 is 2.48 bits per heavy atom. The van der Waals surface area contributed by atoms with E-state index in [0.717, 1.165) is 31.9 Å². The molecule has 0 aliphatic carbocycles. The monoisotopic (exact) mass is 326 g/mol. The van der Waals surface area contributed by atoms with Crippen molar-refractivity contribution in [3.05, 3.63) is 0 Å². The maximum atomic E-state index is 11.7. The van der Waals surface area contributed by atoms with Gasteiger partial charge in [-0.05, 0) is 33.6 Å². The van der Waals surface area contributed by atoms with Crippen LogP contribution in [0, 0.1) is 5.92 Å². The summed E-state index contributed by atoms with van der Waals surface area (Å²) in [6.07, 6.45) is 1.96. The molecule has 1 rings (SSSR count). The predicted molar refractivity (Wildman–Crippen MR) is 90.2 cm³/mol. The van der Waals surface area contributed by atoms with Crippen molar-refractivity contribution in [2.75, 3.05) is 33.3 Å². The van der Waals surface area contributed by atoms with Gasteiger partial charge in [-0.25, -0.2) is 0 Å². The number of hydrogen-bond donors (Lipinski definition) is 2. The van der Waals surface area contributed by atoms with E-state index in [2.05, 4.69) is 20.5 Å². The average Bonchev–Trinajstić information content (AvgIpc) is 2.51. The van der Waals surface area contributed by atoms with Crippen molar-refractivity contribution in [3.63, 3.8) is 0 Å². The van der Waals surface area contributed by atoms with E-state index >= 15 is 0 Å². The summed E-state index contributed by atoms with van der Waals surface area (Å²) in [5, 5.41) is 6.07. The topological polar surface area (TPSA) is 83.0 Å². The lowest BCUT2D eigenvalue weighted by Crippen LogP contribution is -2.47. The van der Waals surface area contributed by atoms with Crippen LogP contribution < -0.4 is 10.6 Å². The van der Waals surface area contributed by atoms with Crippen LogP contribution >= 0.6 is 0 Å². The number of likely N-dealkylation sites (tertiary alicyclic amines) is 1. The third-order valence-corrected chi connectivity index (χ3v) is 3.71. The van der Waals surface area contributed by atoms with Crippen molar-refractivity contribution in [2.24, 2.45) is 10.9 Å². The molecule has 0 saturated carbocycles. The minimum absolute atomic E-state index is 0.0128. The normalized spacial score (nSPS) is 16.4. The van der Waals surface area contributed by atoms with Crippen LogP contribution in [0.4, 0.5) is 0 Å². The fourth-order valence-corrected chi connectivity index (χ4v) is 2.60. The molecule has 0 spiro atoms. The van der Waals surface area contributed by atoms with Crippen LogP contribution in [0.5, 0.6) is 0 Å². The third kappa shape index (κ3) is 6.88. The van der Waals surface area contributed by atoms with Crippen LogP contribution in [0.15, 0.2) is 4.99 Å². The molecule has 132 valence electrons. The molecule has 0 unspecified atom stereocenters. The summed E-state index contributed by atoms with van der Waals surface area (Å²) in [4.78, 5) is 29.8. The number of rotatable bonds is 6. The van der Waals surface area contributed by atoms with Gasteiger partial charge in [0.15, 0.2) is 5.96 Å². The molecule has 1 fully saturated rings. The summed E-state index contributed by atoms with van der Waals surface area (Å²) in [5.41, 5.74) is 0.